The fourth-order valence-corrected chi connectivity index (χ4v) is 12.0. The topological polar surface area (TPSA) is 156 Å². The summed E-state index contributed by atoms with van der Waals surface area (Å²) in [6.07, 6.45) is 2.54. The number of aromatic nitrogens is 4. The van der Waals surface area contributed by atoms with Crippen LogP contribution in [0.15, 0.2) is 132 Å². The van der Waals surface area contributed by atoms with Gasteiger partial charge in [-0.05, 0) is 65.9 Å². The Bertz CT molecular complexity index is 2500. The summed E-state index contributed by atoms with van der Waals surface area (Å²) < 4.78 is 69.9. The van der Waals surface area contributed by atoms with Crippen molar-refractivity contribution in [2.45, 2.75) is 60.3 Å². The summed E-state index contributed by atoms with van der Waals surface area (Å²) in [6.45, 7) is 0.786. The highest BCUT2D eigenvalue weighted by molar-refractivity contribution is 7.91. The van der Waals surface area contributed by atoms with Gasteiger partial charge in [0, 0.05) is 19.0 Å². The lowest BCUT2D eigenvalue weighted by Crippen LogP contribution is -2.38. The zero-order chi connectivity index (χ0) is 40.6. The second-order valence-corrected chi connectivity index (χ2v) is 18.2. The van der Waals surface area contributed by atoms with E-state index in [9.17, 15) is 13.2 Å². The van der Waals surface area contributed by atoms with Crippen molar-refractivity contribution in [3.63, 3.8) is 0 Å². The number of ether oxygens (including phenoxy) is 4. The first-order valence-corrected chi connectivity index (χ1v) is 22.3. The van der Waals surface area contributed by atoms with Crippen molar-refractivity contribution in [2.75, 3.05) is 33.1 Å². The van der Waals surface area contributed by atoms with Crippen LogP contribution in [0, 0.1) is 0 Å². The molecule has 5 heterocycles. The lowest BCUT2D eigenvalue weighted by molar-refractivity contribution is -0.0906. The summed E-state index contributed by atoms with van der Waals surface area (Å²) in [4.78, 5) is 24.3. The average Bonchev–Trinajstić information content (AvgIpc) is 4.08. The summed E-state index contributed by atoms with van der Waals surface area (Å²) in [5.41, 5.74) is 1.69. The molecule has 14 nitrogen and oxygen atoms in total. The van der Waals surface area contributed by atoms with E-state index in [1.165, 1.54) is 6.33 Å². The van der Waals surface area contributed by atoms with Crippen LogP contribution in [0.25, 0.3) is 11.2 Å². The first-order chi connectivity index (χ1) is 28.8. The van der Waals surface area contributed by atoms with Crippen molar-refractivity contribution in [1.82, 2.24) is 24.2 Å². The lowest BCUT2D eigenvalue weighted by atomic mass is 9.80. The van der Waals surface area contributed by atoms with E-state index < -0.39 is 48.5 Å². The minimum absolute atomic E-state index is 0.0627. The molecule has 0 radical (unpaired) electrons. The molecule has 59 heavy (non-hydrogen) atoms. The third kappa shape index (κ3) is 7.57. The number of H-pyrrole nitrogens is 1. The molecule has 1 N–H and O–H groups in total. The maximum absolute atomic E-state index is 13.6. The molecule has 16 heteroatoms. The molecule has 0 amide bonds. The van der Waals surface area contributed by atoms with E-state index in [2.05, 4.69) is 19.6 Å². The molecule has 6 aromatic rings. The number of rotatable bonds is 14. The Morgan fingerprint density at radius 3 is 2.15 bits per heavy atom. The van der Waals surface area contributed by atoms with Gasteiger partial charge in [-0.15, -0.1) is 0 Å². The average molecular weight is 838 g/mol. The van der Waals surface area contributed by atoms with Crippen LogP contribution in [-0.2, 0) is 34.0 Å². The molecule has 3 aliphatic rings. The highest BCUT2D eigenvalue weighted by atomic mass is 32.2. The maximum atomic E-state index is 13.6. The summed E-state index contributed by atoms with van der Waals surface area (Å²) >= 11 is 0. The Morgan fingerprint density at radius 2 is 1.49 bits per heavy atom. The van der Waals surface area contributed by atoms with Crippen LogP contribution in [0.2, 0.25) is 0 Å². The summed E-state index contributed by atoms with van der Waals surface area (Å²) in [5.74, 6) is 1.26. The van der Waals surface area contributed by atoms with Gasteiger partial charge in [-0.3, -0.25) is 9.36 Å². The summed E-state index contributed by atoms with van der Waals surface area (Å²) in [7, 11) is -2.03. The van der Waals surface area contributed by atoms with E-state index in [0.717, 1.165) is 36.1 Å². The second-order valence-electron chi connectivity index (χ2n) is 14.7. The number of fused-ring (bicyclic) bond motifs is 2. The number of nitrogens with one attached hydrogen (secondary N) is 1. The summed E-state index contributed by atoms with van der Waals surface area (Å²) in [5, 5.41) is 0. The number of aromatic amines is 1. The SMILES string of the molecule is COc1ccc(C(OC[C@H]2O[C@@H](n3cnc4c(=O)[nH]cnc43)C[C@@H]2O[P@@]2O[C@@H](CS(=O)(=O)c3ccccc3)[C@H]3CCCN32)(c2ccccc2)c2ccc(OC)cc2)cc1. The molecule has 6 atom stereocenters. The zero-order valence-corrected chi connectivity index (χ0v) is 34.2. The molecular formula is C43H44N5O9PS. The molecule has 0 saturated carbocycles. The van der Waals surface area contributed by atoms with Crippen molar-refractivity contribution in [3.05, 3.63) is 149 Å². The van der Waals surface area contributed by atoms with Gasteiger partial charge in [0.05, 0.1) is 56.3 Å². The number of hydrogen-bond donors (Lipinski definition) is 1. The van der Waals surface area contributed by atoms with Gasteiger partial charge in [0.15, 0.2) is 21.0 Å². The number of nitrogens with zero attached hydrogens (tertiary/aromatic N) is 4. The van der Waals surface area contributed by atoms with E-state index >= 15 is 0 Å². The largest absolute Gasteiger partial charge is 0.497 e. The molecule has 4 aromatic carbocycles. The van der Waals surface area contributed by atoms with E-state index in [4.69, 9.17) is 28.0 Å². The third-order valence-corrected chi connectivity index (χ3v) is 14.9. The van der Waals surface area contributed by atoms with Crippen LogP contribution in [0.5, 0.6) is 11.5 Å². The normalized spacial score (nSPS) is 23.4. The molecule has 0 spiro atoms. The fraction of sp³-hybridized carbons (Fsp3) is 0.326. The van der Waals surface area contributed by atoms with Gasteiger partial charge in [0.25, 0.3) is 14.1 Å². The molecule has 2 aromatic heterocycles. The van der Waals surface area contributed by atoms with Gasteiger partial charge < -0.3 is 33.0 Å². The van der Waals surface area contributed by atoms with Crippen LogP contribution in [0.4, 0.5) is 0 Å². The Kier molecular flexibility index (Phi) is 11.1. The van der Waals surface area contributed by atoms with Gasteiger partial charge in [0.1, 0.15) is 29.4 Å². The Balaban J connectivity index is 1.07. The van der Waals surface area contributed by atoms with Crippen LogP contribution in [-0.4, -0.2) is 90.1 Å². The van der Waals surface area contributed by atoms with Gasteiger partial charge in [-0.25, -0.2) is 23.1 Å². The smallest absolute Gasteiger partial charge is 0.278 e. The Labute approximate surface area is 342 Å². The van der Waals surface area contributed by atoms with E-state index in [1.807, 2.05) is 78.9 Å². The van der Waals surface area contributed by atoms with Gasteiger partial charge in [0.2, 0.25) is 0 Å². The minimum atomic E-state index is -3.62. The first-order valence-electron chi connectivity index (χ1n) is 19.5. The van der Waals surface area contributed by atoms with Crippen molar-refractivity contribution in [3.8, 4) is 11.5 Å². The van der Waals surface area contributed by atoms with Crippen molar-refractivity contribution in [2.24, 2.45) is 0 Å². The van der Waals surface area contributed by atoms with E-state index in [1.54, 1.807) is 55.4 Å². The molecule has 3 aliphatic heterocycles. The van der Waals surface area contributed by atoms with Crippen molar-refractivity contribution in [1.29, 1.82) is 0 Å². The summed E-state index contributed by atoms with van der Waals surface area (Å²) in [6, 6.07) is 34.0. The molecule has 306 valence electrons. The molecule has 0 aliphatic carbocycles. The molecule has 3 fully saturated rings. The molecule has 3 saturated heterocycles. The van der Waals surface area contributed by atoms with Crippen LogP contribution in [0.1, 0.15) is 42.2 Å². The quantitative estimate of drug-likeness (QED) is 0.0956. The number of benzene rings is 4. The number of imidazole rings is 1. The number of hydrogen-bond acceptors (Lipinski definition) is 12. The number of sulfone groups is 1. The Morgan fingerprint density at radius 1 is 0.847 bits per heavy atom. The predicted molar refractivity (Wildman–Crippen MR) is 220 cm³/mol. The molecular weight excluding hydrogens is 794 g/mol. The van der Waals surface area contributed by atoms with Gasteiger partial charge in [-0.2, -0.15) is 0 Å². The maximum Gasteiger partial charge on any atom is 0.278 e. The van der Waals surface area contributed by atoms with E-state index in [0.29, 0.717) is 23.6 Å². The first kappa shape index (κ1) is 39.5. The molecule has 0 bridgehead atoms. The predicted octanol–water partition coefficient (Wildman–Crippen LogP) is 6.38. The van der Waals surface area contributed by atoms with Crippen molar-refractivity contribution < 1.29 is 36.4 Å². The van der Waals surface area contributed by atoms with Crippen LogP contribution >= 0.6 is 8.53 Å². The van der Waals surface area contributed by atoms with Crippen LogP contribution < -0.4 is 15.0 Å². The van der Waals surface area contributed by atoms with Crippen LogP contribution in [0.3, 0.4) is 0 Å². The van der Waals surface area contributed by atoms with Crippen molar-refractivity contribution >= 4 is 29.5 Å². The Hall–Kier alpha value is -4.99. The third-order valence-electron chi connectivity index (χ3n) is 11.3. The highest BCUT2D eigenvalue weighted by Gasteiger charge is 2.51. The number of methoxy groups -OCH3 is 2. The monoisotopic (exact) mass is 837 g/mol. The minimum Gasteiger partial charge on any atom is -0.497 e. The second kappa shape index (κ2) is 16.6. The molecule has 0 unspecified atom stereocenters. The lowest BCUT2D eigenvalue weighted by Gasteiger charge is -2.37. The molecule has 9 rings (SSSR count). The van der Waals surface area contributed by atoms with Gasteiger partial charge in [-0.1, -0.05) is 72.8 Å². The fourth-order valence-electron chi connectivity index (χ4n) is 8.37. The highest BCUT2D eigenvalue weighted by Crippen LogP contribution is 2.58. The van der Waals surface area contributed by atoms with Gasteiger partial charge >= 0.3 is 0 Å². The zero-order valence-electron chi connectivity index (χ0n) is 32.5. The standard InChI is InChI=1S/C43H44N5O9PS/c1-52-32-19-15-30(16-20-32)43(29-10-5-3-6-11-29,31-17-21-33(53-2)22-18-31)54-25-37-36(24-39(55-37)47-28-46-40-41(47)44-27-45-42(40)49)56-58-48-23-9-14-35(48)38(57-58)26-59(50,51)34-12-7-4-8-13-34/h3-8,10-13,15-22,27-28,35-39H,9,14,23-26H2,1-2H3,(H,44,45,49)/t35-,36+,37-,38+,39-,58+/m1/s1. The van der Waals surface area contributed by atoms with E-state index in [-0.39, 0.29) is 34.4 Å².